The van der Waals surface area contributed by atoms with E-state index in [0.717, 1.165) is 5.75 Å². The van der Waals surface area contributed by atoms with Crippen LogP contribution in [0, 0.1) is 12.8 Å². The number of hydrogen-bond donors (Lipinski definition) is 1. The van der Waals surface area contributed by atoms with Gasteiger partial charge in [0, 0.05) is 0 Å². The van der Waals surface area contributed by atoms with Gasteiger partial charge in [-0.25, -0.2) is 0 Å². The fourth-order valence-electron chi connectivity index (χ4n) is 1.01. The Labute approximate surface area is 85.5 Å². The van der Waals surface area contributed by atoms with E-state index in [0.29, 0.717) is 6.61 Å². The van der Waals surface area contributed by atoms with Crippen LogP contribution in [0.5, 0.6) is 5.75 Å². The molecule has 0 bridgehead atoms. The van der Waals surface area contributed by atoms with Gasteiger partial charge in [0.05, 0.1) is 6.10 Å². The molecule has 0 aromatic heterocycles. The van der Waals surface area contributed by atoms with Crippen LogP contribution >= 0.6 is 0 Å². The van der Waals surface area contributed by atoms with E-state index in [-0.39, 0.29) is 5.92 Å². The monoisotopic (exact) mass is 194 g/mol. The molecule has 1 unspecified atom stereocenters. The number of ether oxygens (including phenoxy) is 1. The Morgan fingerprint density at radius 3 is 2.29 bits per heavy atom. The summed E-state index contributed by atoms with van der Waals surface area (Å²) < 4.78 is 5.43. The molecule has 14 heavy (non-hydrogen) atoms. The average Bonchev–Trinajstić information content (AvgIpc) is 2.16. The second-order valence-corrected chi connectivity index (χ2v) is 3.94. The fraction of sp³-hybridized carbons (Fsp3) is 0.500. The van der Waals surface area contributed by atoms with Gasteiger partial charge >= 0.3 is 0 Å². The van der Waals surface area contributed by atoms with Gasteiger partial charge < -0.3 is 9.84 Å². The molecule has 0 aliphatic carbocycles. The van der Waals surface area contributed by atoms with Crippen LogP contribution < -0.4 is 4.74 Å². The number of benzene rings is 1. The molecule has 1 aromatic carbocycles. The highest BCUT2D eigenvalue weighted by atomic mass is 16.5. The Morgan fingerprint density at radius 2 is 1.79 bits per heavy atom. The third kappa shape index (κ3) is 3.38. The minimum Gasteiger partial charge on any atom is -0.491 e. The zero-order chi connectivity index (χ0) is 10.6. The van der Waals surface area contributed by atoms with Crippen molar-refractivity contribution in [3.05, 3.63) is 29.8 Å². The molecule has 0 spiro atoms. The molecule has 1 aromatic rings. The SMILES string of the molecule is Cc1ccc(OCC(O)C(C)C)cc1. The van der Waals surface area contributed by atoms with E-state index in [4.69, 9.17) is 4.74 Å². The average molecular weight is 194 g/mol. The predicted molar refractivity (Wildman–Crippen MR) is 57.5 cm³/mol. The molecule has 1 rings (SSSR count). The highest BCUT2D eigenvalue weighted by Crippen LogP contribution is 2.12. The number of aryl methyl sites for hydroxylation is 1. The van der Waals surface area contributed by atoms with Crippen molar-refractivity contribution >= 4 is 0 Å². The molecule has 2 heteroatoms. The Hall–Kier alpha value is -1.02. The Morgan fingerprint density at radius 1 is 1.21 bits per heavy atom. The van der Waals surface area contributed by atoms with Gasteiger partial charge in [0.15, 0.2) is 0 Å². The topological polar surface area (TPSA) is 29.5 Å². The molecule has 0 fully saturated rings. The van der Waals surface area contributed by atoms with E-state index >= 15 is 0 Å². The van der Waals surface area contributed by atoms with E-state index in [2.05, 4.69) is 0 Å². The minimum atomic E-state index is -0.392. The molecule has 1 N–H and O–H groups in total. The van der Waals surface area contributed by atoms with Gasteiger partial charge in [0.25, 0.3) is 0 Å². The number of hydrogen-bond acceptors (Lipinski definition) is 2. The van der Waals surface area contributed by atoms with Crippen molar-refractivity contribution in [2.24, 2.45) is 5.92 Å². The van der Waals surface area contributed by atoms with Crippen LogP contribution in [0.4, 0.5) is 0 Å². The lowest BCUT2D eigenvalue weighted by Gasteiger charge is -2.15. The molecular weight excluding hydrogens is 176 g/mol. The molecule has 2 nitrogen and oxygen atoms in total. The normalized spacial score (nSPS) is 12.9. The van der Waals surface area contributed by atoms with E-state index in [1.165, 1.54) is 5.56 Å². The molecular formula is C12H18O2. The summed E-state index contributed by atoms with van der Waals surface area (Å²) in [5, 5.41) is 9.52. The molecule has 0 saturated heterocycles. The summed E-state index contributed by atoms with van der Waals surface area (Å²) in [6.45, 7) is 6.35. The lowest BCUT2D eigenvalue weighted by Crippen LogP contribution is -2.23. The van der Waals surface area contributed by atoms with Crippen LogP contribution in [-0.4, -0.2) is 17.8 Å². The largest absolute Gasteiger partial charge is 0.491 e. The van der Waals surface area contributed by atoms with Gasteiger partial charge in [-0.1, -0.05) is 31.5 Å². The number of aliphatic hydroxyl groups excluding tert-OH is 1. The van der Waals surface area contributed by atoms with Crippen molar-refractivity contribution < 1.29 is 9.84 Å². The van der Waals surface area contributed by atoms with Crippen LogP contribution in [-0.2, 0) is 0 Å². The maximum atomic E-state index is 9.52. The smallest absolute Gasteiger partial charge is 0.119 e. The zero-order valence-electron chi connectivity index (χ0n) is 9.03. The second kappa shape index (κ2) is 5.01. The molecule has 1 atom stereocenters. The molecule has 78 valence electrons. The molecule has 0 saturated carbocycles. The van der Waals surface area contributed by atoms with Crippen LogP contribution in [0.15, 0.2) is 24.3 Å². The predicted octanol–water partition coefficient (Wildman–Crippen LogP) is 2.39. The van der Waals surface area contributed by atoms with Crippen LogP contribution in [0.25, 0.3) is 0 Å². The molecule has 0 radical (unpaired) electrons. The Balaban J connectivity index is 2.42. The van der Waals surface area contributed by atoms with Crippen molar-refractivity contribution in [1.82, 2.24) is 0 Å². The lowest BCUT2D eigenvalue weighted by atomic mass is 10.1. The number of aliphatic hydroxyl groups is 1. The summed E-state index contributed by atoms with van der Waals surface area (Å²) in [6.07, 6.45) is -0.392. The van der Waals surface area contributed by atoms with Crippen molar-refractivity contribution in [3.8, 4) is 5.75 Å². The summed E-state index contributed by atoms with van der Waals surface area (Å²) >= 11 is 0. The van der Waals surface area contributed by atoms with Gasteiger partial charge in [-0.3, -0.25) is 0 Å². The molecule has 0 aliphatic rings. The summed E-state index contributed by atoms with van der Waals surface area (Å²) in [4.78, 5) is 0. The third-order valence-corrected chi connectivity index (χ3v) is 2.21. The summed E-state index contributed by atoms with van der Waals surface area (Å²) in [6, 6.07) is 7.83. The summed E-state index contributed by atoms with van der Waals surface area (Å²) in [5.74, 6) is 1.05. The van der Waals surface area contributed by atoms with Gasteiger partial charge in [-0.05, 0) is 25.0 Å². The first kappa shape index (κ1) is 11.1. The van der Waals surface area contributed by atoms with E-state index < -0.39 is 6.10 Å². The van der Waals surface area contributed by atoms with Gasteiger partial charge in [-0.15, -0.1) is 0 Å². The first-order chi connectivity index (χ1) is 6.59. The van der Waals surface area contributed by atoms with Gasteiger partial charge in [0.1, 0.15) is 12.4 Å². The van der Waals surface area contributed by atoms with E-state index in [9.17, 15) is 5.11 Å². The molecule has 0 heterocycles. The van der Waals surface area contributed by atoms with Crippen molar-refractivity contribution in [2.45, 2.75) is 26.9 Å². The highest BCUT2D eigenvalue weighted by Gasteiger charge is 2.09. The second-order valence-electron chi connectivity index (χ2n) is 3.94. The van der Waals surface area contributed by atoms with Gasteiger partial charge in [-0.2, -0.15) is 0 Å². The highest BCUT2D eigenvalue weighted by molar-refractivity contribution is 5.26. The fourth-order valence-corrected chi connectivity index (χ4v) is 1.01. The van der Waals surface area contributed by atoms with Crippen molar-refractivity contribution in [3.63, 3.8) is 0 Å². The maximum absolute atomic E-state index is 9.52. The minimum absolute atomic E-state index is 0.237. The summed E-state index contributed by atoms with van der Waals surface area (Å²) in [7, 11) is 0. The van der Waals surface area contributed by atoms with E-state index in [1.54, 1.807) is 0 Å². The first-order valence-electron chi connectivity index (χ1n) is 4.97. The van der Waals surface area contributed by atoms with Crippen LogP contribution in [0.2, 0.25) is 0 Å². The Bertz CT molecular complexity index is 264. The lowest BCUT2D eigenvalue weighted by molar-refractivity contribution is 0.0701. The molecule has 0 aliphatic heterocycles. The maximum Gasteiger partial charge on any atom is 0.119 e. The van der Waals surface area contributed by atoms with Crippen LogP contribution in [0.3, 0.4) is 0 Å². The standard InChI is InChI=1S/C12H18O2/c1-9(2)12(13)8-14-11-6-4-10(3)5-7-11/h4-7,9,12-13H,8H2,1-3H3. The van der Waals surface area contributed by atoms with Crippen LogP contribution in [0.1, 0.15) is 19.4 Å². The zero-order valence-corrected chi connectivity index (χ0v) is 9.03. The van der Waals surface area contributed by atoms with Gasteiger partial charge in [0.2, 0.25) is 0 Å². The van der Waals surface area contributed by atoms with Crippen molar-refractivity contribution in [2.75, 3.05) is 6.61 Å². The van der Waals surface area contributed by atoms with E-state index in [1.807, 2.05) is 45.0 Å². The summed E-state index contributed by atoms with van der Waals surface area (Å²) in [5.41, 5.74) is 1.21. The quantitative estimate of drug-likeness (QED) is 0.797. The van der Waals surface area contributed by atoms with Crippen molar-refractivity contribution in [1.29, 1.82) is 0 Å². The number of rotatable bonds is 4. The Kier molecular flexibility index (Phi) is 3.96. The third-order valence-electron chi connectivity index (χ3n) is 2.21. The first-order valence-corrected chi connectivity index (χ1v) is 4.97. The molecule has 0 amide bonds.